The molecular formula is C14H21ClN2O2. The minimum Gasteiger partial charge on any atom is -0.373 e. The average molecular weight is 285 g/mol. The molecule has 1 aromatic carbocycles. The fourth-order valence-corrected chi connectivity index (χ4v) is 2.27. The first-order valence-corrected chi connectivity index (χ1v) is 6.30. The number of ether oxygens (including phenoxy) is 1. The van der Waals surface area contributed by atoms with Crippen molar-refractivity contribution in [1.29, 1.82) is 0 Å². The lowest BCUT2D eigenvalue weighted by atomic mass is 10.0. The summed E-state index contributed by atoms with van der Waals surface area (Å²) in [6.07, 6.45) is -0.0338. The first-order chi connectivity index (χ1) is 8.61. The van der Waals surface area contributed by atoms with Gasteiger partial charge in [0.15, 0.2) is 0 Å². The summed E-state index contributed by atoms with van der Waals surface area (Å²) in [5, 5.41) is 0. The Kier molecular flexibility index (Phi) is 5.79. The Labute approximate surface area is 120 Å². The lowest BCUT2D eigenvalue weighted by Crippen LogP contribution is -2.48. The summed E-state index contributed by atoms with van der Waals surface area (Å²) in [4.78, 5) is 14.3. The Morgan fingerprint density at radius 3 is 2.84 bits per heavy atom. The second kappa shape index (κ2) is 6.89. The molecule has 1 fully saturated rings. The van der Waals surface area contributed by atoms with Crippen molar-refractivity contribution in [3.63, 3.8) is 0 Å². The van der Waals surface area contributed by atoms with Crippen molar-refractivity contribution in [2.45, 2.75) is 20.0 Å². The van der Waals surface area contributed by atoms with E-state index >= 15 is 0 Å². The summed E-state index contributed by atoms with van der Waals surface area (Å²) >= 11 is 0. The number of benzene rings is 1. The molecule has 0 aliphatic carbocycles. The van der Waals surface area contributed by atoms with Crippen LogP contribution in [0.1, 0.15) is 21.5 Å². The van der Waals surface area contributed by atoms with Crippen LogP contribution in [-0.4, -0.2) is 43.2 Å². The fraction of sp³-hybridized carbons (Fsp3) is 0.500. The molecule has 5 heteroatoms. The standard InChI is InChI=1S/C14H20N2O2.ClH/c1-10-3-4-13(11(2)7-10)14(17)16-5-6-18-12(8-15)9-16;/h3-4,7,12H,5-6,8-9,15H2,1-2H3;1H. The maximum atomic E-state index is 12.4. The van der Waals surface area contributed by atoms with Crippen LogP contribution in [0.5, 0.6) is 0 Å². The highest BCUT2D eigenvalue weighted by atomic mass is 35.5. The van der Waals surface area contributed by atoms with Crippen molar-refractivity contribution in [1.82, 2.24) is 4.90 Å². The molecule has 1 saturated heterocycles. The second-order valence-electron chi connectivity index (χ2n) is 4.80. The number of aryl methyl sites for hydroxylation is 2. The van der Waals surface area contributed by atoms with Crippen molar-refractivity contribution in [3.8, 4) is 0 Å². The van der Waals surface area contributed by atoms with Crippen LogP contribution in [-0.2, 0) is 4.74 Å². The zero-order chi connectivity index (χ0) is 13.1. The van der Waals surface area contributed by atoms with Crippen molar-refractivity contribution in [3.05, 3.63) is 34.9 Å². The molecule has 1 aromatic rings. The van der Waals surface area contributed by atoms with Gasteiger partial charge in [0.25, 0.3) is 5.91 Å². The van der Waals surface area contributed by atoms with Gasteiger partial charge in [0.2, 0.25) is 0 Å². The Hall–Kier alpha value is -1.10. The number of morpholine rings is 1. The molecule has 1 amide bonds. The zero-order valence-corrected chi connectivity index (χ0v) is 12.2. The number of hydrogen-bond acceptors (Lipinski definition) is 3. The number of halogens is 1. The van der Waals surface area contributed by atoms with Crippen molar-refractivity contribution in [2.75, 3.05) is 26.2 Å². The lowest BCUT2D eigenvalue weighted by Gasteiger charge is -2.32. The summed E-state index contributed by atoms with van der Waals surface area (Å²) < 4.78 is 5.47. The number of carbonyl (C=O) groups is 1. The number of amides is 1. The SMILES string of the molecule is Cc1ccc(C(=O)N2CCOC(CN)C2)c(C)c1.Cl. The number of carbonyl (C=O) groups excluding carboxylic acids is 1. The first-order valence-electron chi connectivity index (χ1n) is 6.30. The normalized spacial score (nSPS) is 18.9. The van der Waals surface area contributed by atoms with Crippen molar-refractivity contribution < 1.29 is 9.53 Å². The summed E-state index contributed by atoms with van der Waals surface area (Å²) in [5.74, 6) is 0.0780. The van der Waals surface area contributed by atoms with Crippen molar-refractivity contribution >= 4 is 18.3 Å². The third-order valence-electron chi connectivity index (χ3n) is 3.30. The average Bonchev–Trinajstić information content (AvgIpc) is 2.38. The molecule has 106 valence electrons. The molecule has 2 N–H and O–H groups in total. The van der Waals surface area contributed by atoms with E-state index in [1.807, 2.05) is 36.9 Å². The van der Waals surface area contributed by atoms with Gasteiger partial charge in [0, 0.05) is 25.2 Å². The molecule has 1 heterocycles. The lowest BCUT2D eigenvalue weighted by molar-refractivity contribution is -0.0167. The molecule has 4 nitrogen and oxygen atoms in total. The van der Waals surface area contributed by atoms with E-state index in [1.165, 1.54) is 5.56 Å². The highest BCUT2D eigenvalue weighted by molar-refractivity contribution is 5.95. The maximum absolute atomic E-state index is 12.4. The molecule has 0 bridgehead atoms. The van der Waals surface area contributed by atoms with Gasteiger partial charge in [-0.15, -0.1) is 12.4 Å². The molecule has 1 aliphatic heterocycles. The predicted molar refractivity (Wildman–Crippen MR) is 77.9 cm³/mol. The van der Waals surface area contributed by atoms with Crippen LogP contribution in [0.3, 0.4) is 0 Å². The highest BCUT2D eigenvalue weighted by Gasteiger charge is 2.24. The van der Waals surface area contributed by atoms with Gasteiger partial charge in [-0.25, -0.2) is 0 Å². The van der Waals surface area contributed by atoms with E-state index in [0.717, 1.165) is 11.1 Å². The van der Waals surface area contributed by atoms with E-state index < -0.39 is 0 Å². The third kappa shape index (κ3) is 3.69. The molecule has 1 atom stereocenters. The Balaban J connectivity index is 0.00000180. The van der Waals surface area contributed by atoms with Crippen LogP contribution in [0, 0.1) is 13.8 Å². The van der Waals surface area contributed by atoms with Crippen LogP contribution < -0.4 is 5.73 Å². The van der Waals surface area contributed by atoms with Crippen LogP contribution in [0.2, 0.25) is 0 Å². The quantitative estimate of drug-likeness (QED) is 0.896. The predicted octanol–water partition coefficient (Wildman–Crippen LogP) is 1.52. The van der Waals surface area contributed by atoms with E-state index in [0.29, 0.717) is 26.2 Å². The monoisotopic (exact) mass is 284 g/mol. The summed E-state index contributed by atoms with van der Waals surface area (Å²) in [6, 6.07) is 5.91. The Bertz CT molecular complexity index is 451. The van der Waals surface area contributed by atoms with Gasteiger partial charge in [-0.05, 0) is 25.5 Å². The molecule has 0 aromatic heterocycles. The molecule has 19 heavy (non-hydrogen) atoms. The maximum Gasteiger partial charge on any atom is 0.254 e. The third-order valence-corrected chi connectivity index (χ3v) is 3.30. The topological polar surface area (TPSA) is 55.6 Å². The van der Waals surface area contributed by atoms with Gasteiger partial charge in [-0.3, -0.25) is 4.79 Å². The smallest absolute Gasteiger partial charge is 0.254 e. The highest BCUT2D eigenvalue weighted by Crippen LogP contribution is 2.15. The minimum absolute atomic E-state index is 0. The van der Waals surface area contributed by atoms with E-state index in [1.54, 1.807) is 0 Å². The van der Waals surface area contributed by atoms with Gasteiger partial charge < -0.3 is 15.4 Å². The second-order valence-corrected chi connectivity index (χ2v) is 4.80. The fourth-order valence-electron chi connectivity index (χ4n) is 2.27. The van der Waals surface area contributed by atoms with Gasteiger partial charge in [-0.1, -0.05) is 17.7 Å². The largest absolute Gasteiger partial charge is 0.373 e. The number of nitrogens with zero attached hydrogens (tertiary/aromatic N) is 1. The van der Waals surface area contributed by atoms with Gasteiger partial charge in [0.1, 0.15) is 0 Å². The van der Waals surface area contributed by atoms with Crippen LogP contribution >= 0.6 is 12.4 Å². The van der Waals surface area contributed by atoms with Gasteiger partial charge >= 0.3 is 0 Å². The molecular weight excluding hydrogens is 264 g/mol. The molecule has 2 rings (SSSR count). The molecule has 0 spiro atoms. The zero-order valence-electron chi connectivity index (χ0n) is 11.4. The van der Waals surface area contributed by atoms with Gasteiger partial charge in [-0.2, -0.15) is 0 Å². The number of rotatable bonds is 2. The number of hydrogen-bond donors (Lipinski definition) is 1. The van der Waals surface area contributed by atoms with Crippen LogP contribution in [0.25, 0.3) is 0 Å². The summed E-state index contributed by atoms with van der Waals surface area (Å²) in [6.45, 7) is 6.25. The Morgan fingerprint density at radius 1 is 1.47 bits per heavy atom. The molecule has 0 radical (unpaired) electrons. The van der Waals surface area contributed by atoms with E-state index in [4.69, 9.17) is 10.5 Å². The van der Waals surface area contributed by atoms with Crippen LogP contribution in [0.15, 0.2) is 18.2 Å². The molecule has 1 aliphatic rings. The van der Waals surface area contributed by atoms with E-state index in [2.05, 4.69) is 0 Å². The summed E-state index contributed by atoms with van der Waals surface area (Å²) in [5.41, 5.74) is 8.56. The van der Waals surface area contributed by atoms with E-state index in [9.17, 15) is 4.79 Å². The summed E-state index contributed by atoms with van der Waals surface area (Å²) in [7, 11) is 0. The Morgan fingerprint density at radius 2 is 2.21 bits per heavy atom. The van der Waals surface area contributed by atoms with E-state index in [-0.39, 0.29) is 24.4 Å². The molecule has 1 unspecified atom stereocenters. The minimum atomic E-state index is -0.0338. The first kappa shape index (κ1) is 16.0. The van der Waals surface area contributed by atoms with Crippen LogP contribution in [0.4, 0.5) is 0 Å². The number of nitrogens with two attached hydrogens (primary N) is 1. The molecule has 0 saturated carbocycles. The van der Waals surface area contributed by atoms with Gasteiger partial charge in [0.05, 0.1) is 12.7 Å². The van der Waals surface area contributed by atoms with Crippen molar-refractivity contribution in [2.24, 2.45) is 5.73 Å².